The van der Waals surface area contributed by atoms with Gasteiger partial charge in [0.25, 0.3) is 6.33 Å². The first kappa shape index (κ1) is 26.8. The van der Waals surface area contributed by atoms with Crippen molar-refractivity contribution in [2.24, 2.45) is 0 Å². The van der Waals surface area contributed by atoms with Gasteiger partial charge in [0.1, 0.15) is 17.3 Å². The van der Waals surface area contributed by atoms with E-state index in [0.717, 1.165) is 50.1 Å². The number of imidazole rings is 1. The van der Waals surface area contributed by atoms with Crippen LogP contribution in [0.2, 0.25) is 0 Å². The molecule has 11 rings (SSSR count). The second kappa shape index (κ2) is 14.9. The molecule has 290 valence electrons. The Morgan fingerprint density at radius 2 is 1.21 bits per heavy atom. The minimum atomic E-state index is -0.568. The molecule has 4 heterocycles. The molecule has 0 radical (unpaired) electrons. The summed E-state index contributed by atoms with van der Waals surface area (Å²) in [7, 11) is 0. The fraction of sp³-hybridized carbons (Fsp3) is 0.0364. The number of rotatable bonds is 8. The van der Waals surface area contributed by atoms with Gasteiger partial charge in [0, 0.05) is 40.0 Å². The van der Waals surface area contributed by atoms with Gasteiger partial charge in [0.2, 0.25) is 0 Å². The van der Waals surface area contributed by atoms with E-state index in [1.807, 2.05) is 105 Å². The van der Waals surface area contributed by atoms with Crippen molar-refractivity contribution in [1.82, 2.24) is 19.1 Å². The van der Waals surface area contributed by atoms with Crippen molar-refractivity contribution in [2.75, 3.05) is 0 Å². The predicted molar refractivity (Wildman–Crippen MR) is 246 cm³/mol. The number of aryl methyl sites for hydroxylation is 2. The number of hydrogen-bond donors (Lipinski definition) is 0. The van der Waals surface area contributed by atoms with Crippen LogP contribution in [0, 0.1) is 20.2 Å². The molecule has 11 aromatic rings. The Hall–Kier alpha value is -8.09. The molecule has 61 heavy (non-hydrogen) atoms. The summed E-state index contributed by atoms with van der Waals surface area (Å²) in [5.74, 6) is 1.82. The Morgan fingerprint density at radius 3 is 1.93 bits per heavy atom. The molecule has 0 amide bonds. The van der Waals surface area contributed by atoms with Gasteiger partial charge >= 0.3 is 0 Å². The highest BCUT2D eigenvalue weighted by Crippen LogP contribution is 2.37. The van der Waals surface area contributed by atoms with Crippen molar-refractivity contribution < 1.29 is 23.0 Å². The van der Waals surface area contributed by atoms with Crippen molar-refractivity contribution >= 4 is 32.8 Å². The first-order valence-corrected chi connectivity index (χ1v) is 19.7. The van der Waals surface area contributed by atoms with Crippen molar-refractivity contribution in [1.29, 1.82) is 0 Å². The van der Waals surface area contributed by atoms with Crippen LogP contribution in [0.15, 0.2) is 200 Å². The quantitative estimate of drug-likeness (QED) is 0.114. The highest BCUT2D eigenvalue weighted by molar-refractivity contribution is 6.09. The van der Waals surface area contributed by atoms with Crippen LogP contribution in [0.25, 0.3) is 83.4 Å². The SMILES string of the molecule is [2H]c1c([2H])c([2H])c(-c2cccc(-c3c([2H])c([2H])c([2H])c([2H])c3[2H])c2-[n+]2[c-]n(-c3cccc(Oc4ccc5c6ccccc6n(-c6ccc(-c7cc(C)nc(C)c7)cn6)c5c4)c3)c3ccccc32)c([2H])c1[2H]. The van der Waals surface area contributed by atoms with Gasteiger partial charge in [-0.2, -0.15) is 0 Å². The van der Waals surface area contributed by atoms with Gasteiger partial charge in [-0.25, -0.2) is 4.98 Å². The Balaban J connectivity index is 1.05. The minimum Gasteiger partial charge on any atom is -0.458 e. The maximum Gasteiger partial charge on any atom is 0.269 e. The Kier molecular flexibility index (Phi) is 6.57. The van der Waals surface area contributed by atoms with Gasteiger partial charge in [-0.3, -0.25) is 18.7 Å². The maximum atomic E-state index is 9.01. The Bertz CT molecular complexity index is 3850. The first-order chi connectivity index (χ1) is 34.2. The second-order valence-electron chi connectivity index (χ2n) is 14.6. The molecule has 6 nitrogen and oxygen atoms in total. The number of aromatic nitrogens is 5. The zero-order valence-corrected chi connectivity index (χ0v) is 32.9. The monoisotopic (exact) mass is 795 g/mol. The number of ether oxygens (including phenoxy) is 1. The lowest BCUT2D eigenvalue weighted by atomic mass is 9.95. The van der Waals surface area contributed by atoms with E-state index in [1.54, 1.807) is 27.3 Å². The van der Waals surface area contributed by atoms with E-state index in [0.29, 0.717) is 28.2 Å². The molecular formula is C55H39N5O. The predicted octanol–water partition coefficient (Wildman–Crippen LogP) is 13.0. The standard InChI is InChI=1S/C55H39N5O/c1-37-31-42(32-38(2)57-37)41-27-30-54(56-35-41)60-50-24-10-9-21-48(50)49-29-28-45(34-53(49)60)61-44-20-13-19-43(33-44)58-36-59(52-26-12-11-25-51(52)58)55-46(39-15-5-3-6-16-39)22-14-23-47(55)40-17-7-4-8-18-40/h3-35H,1-2H3/i3D,4D,5D,6D,7D,8D,15D,16D,17D,18D. The summed E-state index contributed by atoms with van der Waals surface area (Å²) in [5, 5.41) is 2.09. The number of benzene rings is 7. The number of pyridine rings is 2. The number of fused-ring (bicyclic) bond motifs is 4. The summed E-state index contributed by atoms with van der Waals surface area (Å²) in [6.45, 7) is 3.96. The minimum absolute atomic E-state index is 0.132. The molecule has 0 fully saturated rings. The fourth-order valence-corrected chi connectivity index (χ4v) is 8.15. The third-order valence-electron chi connectivity index (χ3n) is 10.7. The zero-order chi connectivity index (χ0) is 49.6. The van der Waals surface area contributed by atoms with Crippen LogP contribution in [-0.4, -0.2) is 19.1 Å². The molecule has 0 bridgehead atoms. The van der Waals surface area contributed by atoms with Gasteiger partial charge in [-0.1, -0.05) is 127 Å². The molecule has 7 aromatic carbocycles. The van der Waals surface area contributed by atoms with Crippen LogP contribution >= 0.6 is 0 Å². The van der Waals surface area contributed by atoms with Crippen LogP contribution in [0.4, 0.5) is 0 Å². The number of para-hydroxylation sites is 4. The highest BCUT2D eigenvalue weighted by atomic mass is 16.5. The smallest absolute Gasteiger partial charge is 0.269 e. The molecule has 0 aliphatic heterocycles. The van der Waals surface area contributed by atoms with E-state index in [2.05, 4.69) is 46.2 Å². The normalized spacial score (nSPS) is 13.7. The van der Waals surface area contributed by atoms with E-state index >= 15 is 0 Å². The lowest BCUT2D eigenvalue weighted by Crippen LogP contribution is -2.31. The fourth-order valence-electron chi connectivity index (χ4n) is 8.15. The van der Waals surface area contributed by atoms with E-state index in [1.165, 1.54) is 0 Å². The molecule has 0 spiro atoms. The van der Waals surface area contributed by atoms with Crippen molar-refractivity contribution in [3.05, 3.63) is 218 Å². The van der Waals surface area contributed by atoms with Gasteiger partial charge in [0.05, 0.1) is 47.1 Å². The average molecular weight is 796 g/mol. The molecular weight excluding hydrogens is 747 g/mol. The van der Waals surface area contributed by atoms with E-state index in [-0.39, 0.29) is 27.9 Å². The summed E-state index contributed by atoms with van der Waals surface area (Å²) in [6, 6.07) is 36.7. The van der Waals surface area contributed by atoms with E-state index < -0.39 is 60.4 Å². The largest absolute Gasteiger partial charge is 0.458 e. The lowest BCUT2D eigenvalue weighted by molar-refractivity contribution is -0.571. The summed E-state index contributed by atoms with van der Waals surface area (Å²) in [4.78, 5) is 9.48. The molecule has 0 aliphatic carbocycles. The maximum absolute atomic E-state index is 9.01. The highest BCUT2D eigenvalue weighted by Gasteiger charge is 2.20. The molecule has 0 saturated carbocycles. The summed E-state index contributed by atoms with van der Waals surface area (Å²) < 4.78 is 99.1. The number of hydrogen-bond acceptors (Lipinski definition) is 3. The lowest BCUT2D eigenvalue weighted by Gasteiger charge is -2.17. The zero-order valence-electron chi connectivity index (χ0n) is 42.9. The van der Waals surface area contributed by atoms with Crippen LogP contribution < -0.4 is 9.30 Å². The molecule has 4 aromatic heterocycles. The van der Waals surface area contributed by atoms with Crippen LogP contribution in [0.5, 0.6) is 11.5 Å². The topological polar surface area (TPSA) is 48.8 Å². The molecule has 6 heteroatoms. The van der Waals surface area contributed by atoms with Crippen LogP contribution in [-0.2, 0) is 0 Å². The molecule has 0 unspecified atom stereocenters. The van der Waals surface area contributed by atoms with E-state index in [9.17, 15) is 0 Å². The van der Waals surface area contributed by atoms with Crippen molar-refractivity contribution in [2.45, 2.75) is 13.8 Å². The molecule has 0 aliphatic rings. The van der Waals surface area contributed by atoms with Gasteiger partial charge in [0.15, 0.2) is 0 Å². The molecule has 0 saturated heterocycles. The van der Waals surface area contributed by atoms with Crippen molar-refractivity contribution in [3.8, 4) is 62.1 Å². The van der Waals surface area contributed by atoms with Gasteiger partial charge < -0.3 is 4.74 Å². The first-order valence-electron chi connectivity index (χ1n) is 24.7. The Labute approximate surface area is 367 Å². The third kappa shape index (κ3) is 6.51. The van der Waals surface area contributed by atoms with E-state index in [4.69, 9.17) is 23.4 Å². The third-order valence-corrected chi connectivity index (χ3v) is 10.7. The number of nitrogens with zero attached hydrogens (tertiary/aromatic N) is 5. The summed E-state index contributed by atoms with van der Waals surface area (Å²) in [5.41, 5.74) is 7.85. The van der Waals surface area contributed by atoms with Crippen molar-refractivity contribution in [3.63, 3.8) is 0 Å². The van der Waals surface area contributed by atoms with Crippen LogP contribution in [0.3, 0.4) is 0 Å². The summed E-state index contributed by atoms with van der Waals surface area (Å²) >= 11 is 0. The average Bonchev–Trinajstić information content (AvgIpc) is 3.92. The second-order valence-corrected chi connectivity index (χ2v) is 14.6. The van der Waals surface area contributed by atoms with Crippen LogP contribution in [0.1, 0.15) is 25.1 Å². The summed E-state index contributed by atoms with van der Waals surface area (Å²) in [6.07, 6.45) is 5.32. The molecule has 0 N–H and O–H groups in total. The Morgan fingerprint density at radius 1 is 0.557 bits per heavy atom. The molecule has 0 atom stereocenters. The van der Waals surface area contributed by atoms with Gasteiger partial charge in [-0.15, -0.1) is 0 Å². The van der Waals surface area contributed by atoms with Gasteiger partial charge in [-0.05, 0) is 102 Å².